The van der Waals surface area contributed by atoms with Crippen LogP contribution >= 0.6 is 0 Å². The van der Waals surface area contributed by atoms with Crippen LogP contribution in [0, 0.1) is 17.5 Å². The molecule has 0 aliphatic heterocycles. The molecule has 3 rings (SSSR count). The lowest BCUT2D eigenvalue weighted by Gasteiger charge is -2.05. The maximum Gasteiger partial charge on any atom is 0.224 e. The van der Waals surface area contributed by atoms with Crippen molar-refractivity contribution >= 4 is 11.6 Å². The Labute approximate surface area is 141 Å². The van der Waals surface area contributed by atoms with E-state index in [-0.39, 0.29) is 35.7 Å². The third kappa shape index (κ3) is 3.88. The minimum absolute atomic E-state index is 0.0198. The number of hydrogen-bond donors (Lipinski definition) is 1. The van der Waals surface area contributed by atoms with Crippen LogP contribution in [0.5, 0.6) is 0 Å². The first-order chi connectivity index (χ1) is 12.0. The molecule has 128 valence electrons. The number of carbonyl (C=O) groups excluding carboxylic acids is 1. The van der Waals surface area contributed by atoms with Gasteiger partial charge in [-0.05, 0) is 24.3 Å². The number of carbonyl (C=O) groups is 1. The van der Waals surface area contributed by atoms with E-state index in [0.29, 0.717) is 0 Å². The average molecular weight is 346 g/mol. The van der Waals surface area contributed by atoms with Gasteiger partial charge in [-0.3, -0.25) is 4.79 Å². The van der Waals surface area contributed by atoms with Crippen molar-refractivity contribution < 1.29 is 22.4 Å². The van der Waals surface area contributed by atoms with Gasteiger partial charge in [0.05, 0.1) is 17.4 Å². The van der Waals surface area contributed by atoms with Crippen LogP contribution in [0.2, 0.25) is 0 Å². The van der Waals surface area contributed by atoms with Crippen molar-refractivity contribution in [2.24, 2.45) is 0 Å². The molecule has 0 spiro atoms. The third-order valence-corrected chi connectivity index (χ3v) is 3.48. The summed E-state index contributed by atoms with van der Waals surface area (Å²) in [6, 6.07) is 9.27. The van der Waals surface area contributed by atoms with Gasteiger partial charge in [-0.25, -0.2) is 18.2 Å². The van der Waals surface area contributed by atoms with Crippen LogP contribution in [0.15, 0.2) is 53.1 Å². The number of para-hydroxylation sites is 1. The van der Waals surface area contributed by atoms with Gasteiger partial charge in [-0.15, -0.1) is 0 Å². The van der Waals surface area contributed by atoms with E-state index >= 15 is 0 Å². The van der Waals surface area contributed by atoms with Crippen LogP contribution in [0.25, 0.3) is 11.3 Å². The van der Waals surface area contributed by atoms with Crippen LogP contribution in [-0.2, 0) is 11.2 Å². The van der Waals surface area contributed by atoms with E-state index in [4.69, 9.17) is 4.42 Å². The molecule has 3 aromatic rings. The molecule has 7 heteroatoms. The second kappa shape index (κ2) is 7.21. The minimum atomic E-state index is -0.764. The van der Waals surface area contributed by atoms with Crippen molar-refractivity contribution in [3.05, 3.63) is 72.0 Å². The second-order valence-corrected chi connectivity index (χ2v) is 5.24. The quantitative estimate of drug-likeness (QED) is 0.748. The van der Waals surface area contributed by atoms with Gasteiger partial charge in [0, 0.05) is 12.8 Å². The van der Waals surface area contributed by atoms with Crippen molar-refractivity contribution in [2.45, 2.75) is 12.8 Å². The highest BCUT2D eigenvalue weighted by atomic mass is 19.1. The molecule has 2 aromatic carbocycles. The number of nitrogens with one attached hydrogen (secondary N) is 1. The summed E-state index contributed by atoms with van der Waals surface area (Å²) in [6.45, 7) is 0. The number of aryl methyl sites for hydroxylation is 1. The third-order valence-electron chi connectivity index (χ3n) is 3.48. The van der Waals surface area contributed by atoms with E-state index in [2.05, 4.69) is 10.3 Å². The molecule has 0 saturated carbocycles. The Morgan fingerprint density at radius 1 is 1.00 bits per heavy atom. The summed E-state index contributed by atoms with van der Waals surface area (Å²) >= 11 is 0. The van der Waals surface area contributed by atoms with Gasteiger partial charge in [0.1, 0.15) is 17.5 Å². The fourth-order valence-electron chi connectivity index (χ4n) is 2.27. The van der Waals surface area contributed by atoms with Gasteiger partial charge in [-0.2, -0.15) is 0 Å². The zero-order chi connectivity index (χ0) is 17.8. The van der Waals surface area contributed by atoms with E-state index in [9.17, 15) is 18.0 Å². The average Bonchev–Trinajstić information content (AvgIpc) is 3.04. The topological polar surface area (TPSA) is 55.1 Å². The molecule has 0 bridgehead atoms. The SMILES string of the molecule is O=C(CCc1ncc(-c2c(F)cccc2F)o1)Nc1ccccc1F. The molecule has 0 radical (unpaired) electrons. The van der Waals surface area contributed by atoms with Gasteiger partial charge in [0.25, 0.3) is 0 Å². The number of aromatic nitrogens is 1. The zero-order valence-corrected chi connectivity index (χ0v) is 12.9. The highest BCUT2D eigenvalue weighted by molar-refractivity contribution is 5.90. The number of oxazole rings is 1. The molecule has 25 heavy (non-hydrogen) atoms. The van der Waals surface area contributed by atoms with Crippen molar-refractivity contribution in [1.29, 1.82) is 0 Å². The van der Waals surface area contributed by atoms with Gasteiger partial charge in [0.15, 0.2) is 11.7 Å². The second-order valence-electron chi connectivity index (χ2n) is 5.24. The summed E-state index contributed by atoms with van der Waals surface area (Å²) in [6.07, 6.45) is 1.29. The molecule has 0 fully saturated rings. The highest BCUT2D eigenvalue weighted by Crippen LogP contribution is 2.26. The predicted molar refractivity (Wildman–Crippen MR) is 85.2 cm³/mol. The fraction of sp³-hybridized carbons (Fsp3) is 0.111. The zero-order valence-electron chi connectivity index (χ0n) is 12.9. The summed E-state index contributed by atoms with van der Waals surface area (Å²) < 4.78 is 46.2. The molecular weight excluding hydrogens is 333 g/mol. The van der Waals surface area contributed by atoms with Gasteiger partial charge in [0.2, 0.25) is 5.91 Å². The smallest absolute Gasteiger partial charge is 0.224 e. The van der Waals surface area contributed by atoms with Crippen LogP contribution in [0.1, 0.15) is 12.3 Å². The van der Waals surface area contributed by atoms with E-state index in [1.165, 1.54) is 30.5 Å². The Morgan fingerprint density at radius 2 is 1.68 bits per heavy atom. The highest BCUT2D eigenvalue weighted by Gasteiger charge is 2.16. The number of benzene rings is 2. The van der Waals surface area contributed by atoms with Gasteiger partial charge in [-0.1, -0.05) is 18.2 Å². The first-order valence-corrected chi connectivity index (χ1v) is 7.48. The Morgan fingerprint density at radius 3 is 2.40 bits per heavy atom. The van der Waals surface area contributed by atoms with Crippen LogP contribution in [0.3, 0.4) is 0 Å². The van der Waals surface area contributed by atoms with Crippen LogP contribution in [0.4, 0.5) is 18.9 Å². The van der Waals surface area contributed by atoms with Crippen molar-refractivity contribution in [3.63, 3.8) is 0 Å². The lowest BCUT2D eigenvalue weighted by atomic mass is 10.1. The Balaban J connectivity index is 1.64. The van der Waals surface area contributed by atoms with Crippen molar-refractivity contribution in [1.82, 2.24) is 4.98 Å². The molecule has 4 nitrogen and oxygen atoms in total. The van der Waals surface area contributed by atoms with E-state index in [0.717, 1.165) is 12.1 Å². The molecule has 1 N–H and O–H groups in total. The number of rotatable bonds is 5. The summed E-state index contributed by atoms with van der Waals surface area (Å²) in [5, 5.41) is 2.43. The first kappa shape index (κ1) is 16.8. The Hall–Kier alpha value is -3.09. The van der Waals surface area contributed by atoms with Crippen molar-refractivity contribution in [3.8, 4) is 11.3 Å². The van der Waals surface area contributed by atoms with Crippen LogP contribution in [-0.4, -0.2) is 10.9 Å². The van der Waals surface area contributed by atoms with Gasteiger partial charge < -0.3 is 9.73 Å². The lowest BCUT2D eigenvalue weighted by Crippen LogP contribution is -2.13. The molecular formula is C18H13F3N2O2. The molecule has 0 aliphatic rings. The molecule has 0 saturated heterocycles. The summed E-state index contributed by atoms with van der Waals surface area (Å²) in [5.41, 5.74) is -0.230. The minimum Gasteiger partial charge on any atom is -0.441 e. The molecule has 1 aromatic heterocycles. The molecule has 1 heterocycles. The summed E-state index contributed by atoms with van der Waals surface area (Å²) in [4.78, 5) is 15.8. The normalized spacial score (nSPS) is 10.7. The van der Waals surface area contributed by atoms with E-state index in [1.807, 2.05) is 0 Å². The molecule has 0 unspecified atom stereocenters. The number of hydrogen-bond acceptors (Lipinski definition) is 3. The van der Waals surface area contributed by atoms with E-state index in [1.54, 1.807) is 6.07 Å². The van der Waals surface area contributed by atoms with E-state index < -0.39 is 23.4 Å². The number of nitrogens with zero attached hydrogens (tertiary/aromatic N) is 1. The Bertz CT molecular complexity index is 889. The monoisotopic (exact) mass is 346 g/mol. The summed E-state index contributed by atoms with van der Waals surface area (Å²) in [5.74, 6) is -2.40. The predicted octanol–water partition coefficient (Wildman–Crippen LogP) is 4.33. The number of amides is 1. The number of anilines is 1. The van der Waals surface area contributed by atoms with Crippen molar-refractivity contribution in [2.75, 3.05) is 5.32 Å². The Kier molecular flexibility index (Phi) is 4.83. The van der Waals surface area contributed by atoms with Crippen LogP contribution < -0.4 is 5.32 Å². The maximum atomic E-state index is 13.7. The lowest BCUT2D eigenvalue weighted by molar-refractivity contribution is -0.116. The maximum absolute atomic E-state index is 13.7. The molecule has 0 atom stereocenters. The summed E-state index contributed by atoms with van der Waals surface area (Å²) in [7, 11) is 0. The number of halogens is 3. The largest absolute Gasteiger partial charge is 0.441 e. The van der Waals surface area contributed by atoms with Gasteiger partial charge >= 0.3 is 0 Å². The molecule has 0 aliphatic carbocycles. The first-order valence-electron chi connectivity index (χ1n) is 7.48. The fourth-order valence-corrected chi connectivity index (χ4v) is 2.27. The molecule has 1 amide bonds. The standard InChI is InChI=1S/C18H13F3N2O2/c19-11-4-1-2-7-14(11)23-16(24)8-9-17-22-10-15(25-17)18-12(20)5-3-6-13(18)21/h1-7,10H,8-9H2,(H,23,24).